The Balaban J connectivity index is 1.73. The van der Waals surface area contributed by atoms with Crippen molar-refractivity contribution in [1.82, 2.24) is 4.90 Å². The first kappa shape index (κ1) is 20.3. The molecule has 1 aliphatic rings. The van der Waals surface area contributed by atoms with Gasteiger partial charge in [-0.15, -0.1) is 0 Å². The molecule has 1 unspecified atom stereocenters. The molecule has 0 spiro atoms. The van der Waals surface area contributed by atoms with Gasteiger partial charge in [-0.25, -0.2) is 4.39 Å². The van der Waals surface area contributed by atoms with Crippen LogP contribution >= 0.6 is 0 Å². The number of benzene rings is 2. The summed E-state index contributed by atoms with van der Waals surface area (Å²) in [6.07, 6.45) is 0. The van der Waals surface area contributed by atoms with Crippen LogP contribution in [0.25, 0.3) is 0 Å². The van der Waals surface area contributed by atoms with E-state index in [0.29, 0.717) is 31.6 Å². The number of nitrogens with zero attached hydrogens (tertiary/aromatic N) is 2. The number of rotatable bonds is 6. The predicted molar refractivity (Wildman–Crippen MR) is 112 cm³/mol. The average molecular weight is 384 g/mol. The van der Waals surface area contributed by atoms with Gasteiger partial charge in [0.05, 0.1) is 25.8 Å². The van der Waals surface area contributed by atoms with E-state index in [0.717, 1.165) is 24.3 Å². The Bertz CT molecular complexity index is 803. The third kappa shape index (κ3) is 5.53. The standard InChI is InChI=1S/C22H29FN4O/c1-16(2)17-5-4-8-20(14-17)26-22(24)25-15-21(27-9-11-28-12-10-27)18-6-3-7-19(23)13-18/h3-8,13-14,16,21H,9-12,15H2,1-2H3,(H3,24,25,26). The number of hydrogen-bond donors (Lipinski definition) is 2. The van der Waals surface area contributed by atoms with Gasteiger partial charge in [0.25, 0.3) is 0 Å². The summed E-state index contributed by atoms with van der Waals surface area (Å²) in [6, 6.07) is 14.8. The number of morpholine rings is 1. The fraction of sp³-hybridized carbons (Fsp3) is 0.409. The van der Waals surface area contributed by atoms with Crippen LogP contribution in [0.4, 0.5) is 10.1 Å². The highest BCUT2D eigenvalue weighted by Gasteiger charge is 2.22. The van der Waals surface area contributed by atoms with Gasteiger partial charge in [0.15, 0.2) is 5.96 Å². The van der Waals surface area contributed by atoms with Crippen molar-refractivity contribution in [3.8, 4) is 0 Å². The maximum absolute atomic E-state index is 13.8. The number of nitrogens with one attached hydrogen (secondary N) is 1. The molecule has 150 valence electrons. The lowest BCUT2D eigenvalue weighted by Crippen LogP contribution is -2.40. The van der Waals surface area contributed by atoms with E-state index in [9.17, 15) is 4.39 Å². The smallest absolute Gasteiger partial charge is 0.193 e. The van der Waals surface area contributed by atoms with E-state index < -0.39 is 0 Å². The second kappa shape index (κ2) is 9.66. The fourth-order valence-corrected chi connectivity index (χ4v) is 3.38. The molecule has 0 aliphatic carbocycles. The molecule has 0 aromatic heterocycles. The molecule has 3 rings (SSSR count). The number of aliphatic imine (C=N–C) groups is 1. The van der Waals surface area contributed by atoms with Gasteiger partial charge >= 0.3 is 0 Å². The zero-order valence-electron chi connectivity index (χ0n) is 16.6. The van der Waals surface area contributed by atoms with Crippen molar-refractivity contribution in [1.29, 1.82) is 0 Å². The quantitative estimate of drug-likeness (QED) is 0.588. The normalized spacial score (nSPS) is 16.9. The molecule has 0 saturated carbocycles. The lowest BCUT2D eigenvalue weighted by atomic mass is 10.0. The van der Waals surface area contributed by atoms with Gasteiger partial charge in [-0.05, 0) is 41.3 Å². The maximum Gasteiger partial charge on any atom is 0.193 e. The van der Waals surface area contributed by atoms with Gasteiger partial charge in [0.2, 0.25) is 0 Å². The summed E-state index contributed by atoms with van der Waals surface area (Å²) in [6.45, 7) is 7.69. The van der Waals surface area contributed by atoms with E-state index in [1.807, 2.05) is 18.2 Å². The number of nitrogens with two attached hydrogens (primary N) is 1. The van der Waals surface area contributed by atoms with Crippen LogP contribution in [-0.2, 0) is 4.74 Å². The molecule has 28 heavy (non-hydrogen) atoms. The Morgan fingerprint density at radius 1 is 1.14 bits per heavy atom. The molecule has 1 saturated heterocycles. The van der Waals surface area contributed by atoms with Crippen molar-refractivity contribution >= 4 is 11.6 Å². The summed E-state index contributed by atoms with van der Waals surface area (Å²) in [4.78, 5) is 6.83. The third-order valence-electron chi connectivity index (χ3n) is 4.98. The SMILES string of the molecule is CC(C)c1cccc(NC(N)=NCC(c2cccc(F)c2)N2CCOCC2)c1. The Kier molecular flexibility index (Phi) is 7.01. The van der Waals surface area contributed by atoms with Crippen molar-refractivity contribution in [2.75, 3.05) is 38.2 Å². The minimum absolute atomic E-state index is 0.0399. The number of guanidine groups is 1. The lowest BCUT2D eigenvalue weighted by molar-refractivity contribution is 0.0179. The molecule has 6 heteroatoms. The van der Waals surface area contributed by atoms with E-state index in [2.05, 4.69) is 41.2 Å². The number of anilines is 1. The molecule has 5 nitrogen and oxygen atoms in total. The van der Waals surface area contributed by atoms with Crippen molar-refractivity contribution in [3.05, 3.63) is 65.5 Å². The summed E-state index contributed by atoms with van der Waals surface area (Å²) in [5.41, 5.74) is 9.20. The molecule has 3 N–H and O–H groups in total. The van der Waals surface area contributed by atoms with Crippen LogP contribution in [-0.4, -0.2) is 43.7 Å². The van der Waals surface area contributed by atoms with E-state index in [1.54, 1.807) is 12.1 Å². The maximum atomic E-state index is 13.8. The van der Waals surface area contributed by atoms with E-state index >= 15 is 0 Å². The molecule has 1 heterocycles. The van der Waals surface area contributed by atoms with Crippen molar-refractivity contribution in [2.24, 2.45) is 10.7 Å². The van der Waals surface area contributed by atoms with Crippen LogP contribution in [0.5, 0.6) is 0 Å². The van der Waals surface area contributed by atoms with E-state index in [4.69, 9.17) is 10.5 Å². The molecule has 1 atom stereocenters. The van der Waals surface area contributed by atoms with Crippen molar-refractivity contribution in [3.63, 3.8) is 0 Å². The van der Waals surface area contributed by atoms with Crippen molar-refractivity contribution in [2.45, 2.75) is 25.8 Å². The van der Waals surface area contributed by atoms with Gasteiger partial charge < -0.3 is 15.8 Å². The molecule has 1 fully saturated rings. The lowest BCUT2D eigenvalue weighted by Gasteiger charge is -2.34. The number of ether oxygens (including phenoxy) is 1. The largest absolute Gasteiger partial charge is 0.379 e. The summed E-state index contributed by atoms with van der Waals surface area (Å²) in [5, 5.41) is 3.17. The summed E-state index contributed by atoms with van der Waals surface area (Å²) < 4.78 is 19.2. The molecular weight excluding hydrogens is 355 g/mol. The molecule has 2 aromatic carbocycles. The number of halogens is 1. The Morgan fingerprint density at radius 2 is 1.86 bits per heavy atom. The molecule has 1 aliphatic heterocycles. The van der Waals surface area contributed by atoms with Gasteiger partial charge in [-0.2, -0.15) is 0 Å². The number of hydrogen-bond acceptors (Lipinski definition) is 3. The first-order valence-corrected chi connectivity index (χ1v) is 9.77. The van der Waals surface area contributed by atoms with E-state index in [-0.39, 0.29) is 11.9 Å². The average Bonchev–Trinajstić information content (AvgIpc) is 2.69. The van der Waals surface area contributed by atoms with Gasteiger partial charge in [-0.3, -0.25) is 9.89 Å². The highest BCUT2D eigenvalue weighted by molar-refractivity contribution is 5.92. The zero-order chi connectivity index (χ0) is 19.9. The van der Waals surface area contributed by atoms with Gasteiger partial charge in [0, 0.05) is 18.8 Å². The van der Waals surface area contributed by atoms with Crippen LogP contribution in [0.1, 0.15) is 36.9 Å². The summed E-state index contributed by atoms with van der Waals surface area (Å²) in [5.74, 6) is 0.561. The minimum Gasteiger partial charge on any atom is -0.379 e. The van der Waals surface area contributed by atoms with Gasteiger partial charge in [-0.1, -0.05) is 38.1 Å². The molecule has 2 aromatic rings. The van der Waals surface area contributed by atoms with Crippen LogP contribution in [0, 0.1) is 5.82 Å². The second-order valence-corrected chi connectivity index (χ2v) is 7.35. The van der Waals surface area contributed by atoms with Crippen molar-refractivity contribution < 1.29 is 9.13 Å². The summed E-state index contributed by atoms with van der Waals surface area (Å²) in [7, 11) is 0. The third-order valence-corrected chi connectivity index (χ3v) is 4.98. The Morgan fingerprint density at radius 3 is 2.57 bits per heavy atom. The van der Waals surface area contributed by atoms with Gasteiger partial charge in [0.1, 0.15) is 5.82 Å². The second-order valence-electron chi connectivity index (χ2n) is 7.35. The molecular formula is C22H29FN4O. The Hall–Kier alpha value is -2.44. The van der Waals surface area contributed by atoms with Crippen LogP contribution in [0.15, 0.2) is 53.5 Å². The van der Waals surface area contributed by atoms with Crippen LogP contribution in [0.2, 0.25) is 0 Å². The minimum atomic E-state index is -0.240. The summed E-state index contributed by atoms with van der Waals surface area (Å²) >= 11 is 0. The fourth-order valence-electron chi connectivity index (χ4n) is 3.38. The molecule has 0 bridgehead atoms. The Labute approximate surface area is 166 Å². The first-order chi connectivity index (χ1) is 13.5. The highest BCUT2D eigenvalue weighted by atomic mass is 19.1. The topological polar surface area (TPSA) is 62.9 Å². The van der Waals surface area contributed by atoms with Crippen LogP contribution in [0.3, 0.4) is 0 Å². The molecule has 0 amide bonds. The van der Waals surface area contributed by atoms with Crippen LogP contribution < -0.4 is 11.1 Å². The highest BCUT2D eigenvalue weighted by Crippen LogP contribution is 2.23. The predicted octanol–water partition coefficient (Wildman–Crippen LogP) is 3.75. The zero-order valence-corrected chi connectivity index (χ0v) is 16.6. The van der Waals surface area contributed by atoms with E-state index in [1.165, 1.54) is 11.6 Å². The first-order valence-electron chi connectivity index (χ1n) is 9.77. The molecule has 0 radical (unpaired) electrons. The monoisotopic (exact) mass is 384 g/mol.